The van der Waals surface area contributed by atoms with Crippen molar-refractivity contribution < 1.29 is 33.7 Å². The molecule has 7 heteroatoms. The van der Waals surface area contributed by atoms with Crippen molar-refractivity contribution >= 4 is 17.5 Å². The lowest BCUT2D eigenvalue weighted by Gasteiger charge is -2.62. The number of ether oxygens (including phenoxy) is 1. The number of ketones is 2. The minimum Gasteiger partial charge on any atom is -0.450 e. The predicted octanol–water partition coefficient (Wildman–Crippen LogP) is 7.15. The van der Waals surface area contributed by atoms with E-state index in [9.17, 15) is 24.6 Å². The first-order chi connectivity index (χ1) is 20.4. The van der Waals surface area contributed by atoms with Gasteiger partial charge in [0.15, 0.2) is 17.1 Å². The highest BCUT2D eigenvalue weighted by atomic mass is 19.1. The second kappa shape index (κ2) is 13.6. The maximum Gasteiger partial charge on any atom is 0.306 e. The molecule has 0 radical (unpaired) electrons. The molecule has 4 rings (SSSR count). The van der Waals surface area contributed by atoms with Gasteiger partial charge in [0.25, 0.3) is 0 Å². The Bertz CT molecular complexity index is 1100. The van der Waals surface area contributed by atoms with Gasteiger partial charge in [-0.15, -0.1) is 0 Å². The summed E-state index contributed by atoms with van der Waals surface area (Å²) < 4.78 is 23.7. The summed E-state index contributed by atoms with van der Waals surface area (Å²) in [5.41, 5.74) is -5.13. The summed E-state index contributed by atoms with van der Waals surface area (Å²) in [7, 11) is 0. The Morgan fingerprint density at radius 1 is 1.00 bits per heavy atom. The fraction of sp³-hybridized carbons (Fsp3) is 0.806. The third-order valence-electron chi connectivity index (χ3n) is 12.0. The average Bonchev–Trinajstić information content (AvgIpc) is 3.18. The largest absolute Gasteiger partial charge is 0.450 e. The number of halogens is 1. The molecule has 4 aliphatic carbocycles. The van der Waals surface area contributed by atoms with Crippen molar-refractivity contribution in [2.75, 3.05) is 6.61 Å². The van der Waals surface area contributed by atoms with Crippen LogP contribution in [0.15, 0.2) is 23.8 Å². The Morgan fingerprint density at radius 3 is 2.21 bits per heavy atom. The normalized spacial score (nSPS) is 38.2. The number of rotatable bonds is 15. The molecule has 0 unspecified atom stereocenters. The van der Waals surface area contributed by atoms with E-state index in [2.05, 4.69) is 6.92 Å². The van der Waals surface area contributed by atoms with E-state index in [-0.39, 0.29) is 24.5 Å². The van der Waals surface area contributed by atoms with Gasteiger partial charge in [0.1, 0.15) is 6.61 Å². The Hall–Kier alpha value is -1.86. The van der Waals surface area contributed by atoms with Gasteiger partial charge >= 0.3 is 5.97 Å². The van der Waals surface area contributed by atoms with E-state index in [0.717, 1.165) is 19.3 Å². The standard InChI is InChI=1S/C36H55FO6/c1-5-6-7-8-9-10-11-12-13-14-15-16-32(42)43-36(31(41)24-38)25(2)21-29-28-18-17-26-22-27(39)19-20-33(26,3)35(28,37)30(40)23-34(29,36)4/h19-20,22,25,28-30,38,40H,5-18,21,23-24H2,1-4H3/t25-,28+,29+,30+,33+,34+,35+,36+/m1/s1. The second-order valence-corrected chi connectivity index (χ2v) is 14.5. The van der Waals surface area contributed by atoms with Crippen LogP contribution in [0.5, 0.6) is 0 Å². The number of aliphatic hydroxyl groups is 2. The maximum absolute atomic E-state index is 17.5. The van der Waals surface area contributed by atoms with Crippen LogP contribution in [0, 0.1) is 28.6 Å². The molecule has 43 heavy (non-hydrogen) atoms. The van der Waals surface area contributed by atoms with Crippen LogP contribution in [-0.4, -0.2) is 51.7 Å². The van der Waals surface area contributed by atoms with Crippen LogP contribution in [0.3, 0.4) is 0 Å². The number of Topliss-reactive ketones (excluding diaryl/α,β-unsaturated/α-hetero) is 1. The highest BCUT2D eigenvalue weighted by Crippen LogP contribution is 2.71. The lowest BCUT2D eigenvalue weighted by molar-refractivity contribution is -0.228. The first-order valence-corrected chi connectivity index (χ1v) is 17.1. The number of allylic oxidation sites excluding steroid dienone is 4. The first-order valence-electron chi connectivity index (χ1n) is 17.1. The Labute approximate surface area is 257 Å². The van der Waals surface area contributed by atoms with Crippen molar-refractivity contribution in [3.63, 3.8) is 0 Å². The number of hydrogen-bond acceptors (Lipinski definition) is 6. The molecule has 0 heterocycles. The molecule has 0 spiro atoms. The van der Waals surface area contributed by atoms with Crippen molar-refractivity contribution in [1.82, 2.24) is 0 Å². The number of carbonyl (C=O) groups is 3. The third kappa shape index (κ3) is 5.82. The monoisotopic (exact) mass is 602 g/mol. The van der Waals surface area contributed by atoms with Crippen molar-refractivity contribution in [3.8, 4) is 0 Å². The zero-order valence-corrected chi connectivity index (χ0v) is 27.0. The second-order valence-electron chi connectivity index (χ2n) is 14.5. The van der Waals surface area contributed by atoms with Gasteiger partial charge in [-0.1, -0.05) is 96.6 Å². The molecular formula is C36H55FO6. The molecule has 242 valence electrons. The zero-order chi connectivity index (χ0) is 31.5. The molecule has 6 nitrogen and oxygen atoms in total. The lowest BCUT2D eigenvalue weighted by Crippen LogP contribution is -2.70. The molecule has 0 bridgehead atoms. The molecule has 4 aliphatic rings. The van der Waals surface area contributed by atoms with Crippen LogP contribution in [0.4, 0.5) is 4.39 Å². The van der Waals surface area contributed by atoms with Crippen molar-refractivity contribution in [2.24, 2.45) is 28.6 Å². The fourth-order valence-corrected chi connectivity index (χ4v) is 9.68. The van der Waals surface area contributed by atoms with Crippen LogP contribution < -0.4 is 0 Å². The van der Waals surface area contributed by atoms with Gasteiger partial charge in [-0.3, -0.25) is 14.4 Å². The third-order valence-corrected chi connectivity index (χ3v) is 12.0. The maximum atomic E-state index is 17.5. The molecule has 0 amide bonds. The number of carbonyl (C=O) groups excluding carboxylic acids is 3. The molecular weight excluding hydrogens is 547 g/mol. The first kappa shape index (κ1) is 34.0. The van der Waals surface area contributed by atoms with Crippen LogP contribution in [0.25, 0.3) is 0 Å². The number of esters is 1. The van der Waals surface area contributed by atoms with Gasteiger partial charge in [-0.2, -0.15) is 0 Å². The molecule has 8 atom stereocenters. The van der Waals surface area contributed by atoms with Gasteiger partial charge in [-0.05, 0) is 57.1 Å². The smallest absolute Gasteiger partial charge is 0.306 e. The average molecular weight is 603 g/mol. The van der Waals surface area contributed by atoms with Crippen LogP contribution in [-0.2, 0) is 19.1 Å². The molecule has 3 saturated carbocycles. The van der Waals surface area contributed by atoms with Gasteiger partial charge in [0, 0.05) is 29.1 Å². The van der Waals surface area contributed by atoms with E-state index in [1.165, 1.54) is 57.1 Å². The molecule has 0 aromatic heterocycles. The number of alkyl halides is 1. The zero-order valence-electron chi connectivity index (χ0n) is 27.0. The Balaban J connectivity index is 1.43. The van der Waals surface area contributed by atoms with E-state index in [1.807, 2.05) is 13.8 Å². The summed E-state index contributed by atoms with van der Waals surface area (Å²) in [6, 6.07) is 0. The summed E-state index contributed by atoms with van der Waals surface area (Å²) in [5.74, 6) is -2.58. The number of unbranched alkanes of at least 4 members (excludes halogenated alkanes) is 10. The van der Waals surface area contributed by atoms with E-state index in [1.54, 1.807) is 13.0 Å². The highest BCUT2D eigenvalue weighted by molar-refractivity contribution is 6.01. The summed E-state index contributed by atoms with van der Waals surface area (Å²) in [5, 5.41) is 21.7. The minimum absolute atomic E-state index is 0.0723. The van der Waals surface area contributed by atoms with Gasteiger partial charge < -0.3 is 14.9 Å². The predicted molar refractivity (Wildman–Crippen MR) is 165 cm³/mol. The molecule has 0 saturated heterocycles. The Kier molecular flexibility index (Phi) is 10.8. The van der Waals surface area contributed by atoms with Crippen molar-refractivity contribution in [1.29, 1.82) is 0 Å². The number of fused-ring (bicyclic) bond motifs is 5. The topological polar surface area (TPSA) is 101 Å². The SMILES string of the molecule is CCCCCCCCCCCCCC(=O)O[C@]1(C(=O)CO)[C@H](C)C[C@H]2[C@@H]3CCC4=CC(=O)C=C[C@]4(C)[C@@]3(F)[C@@H](O)C[C@@]21C. The molecule has 2 N–H and O–H groups in total. The number of aliphatic hydroxyl groups excluding tert-OH is 2. The summed E-state index contributed by atoms with van der Waals surface area (Å²) >= 11 is 0. The van der Waals surface area contributed by atoms with Gasteiger partial charge in [0.2, 0.25) is 5.78 Å². The van der Waals surface area contributed by atoms with E-state index in [4.69, 9.17) is 4.74 Å². The highest BCUT2D eigenvalue weighted by Gasteiger charge is 2.77. The van der Waals surface area contributed by atoms with Gasteiger partial charge in [0.05, 0.1) is 6.10 Å². The fourth-order valence-electron chi connectivity index (χ4n) is 9.68. The molecule has 0 aliphatic heterocycles. The molecule has 0 aromatic rings. The minimum atomic E-state index is -2.03. The van der Waals surface area contributed by atoms with E-state index < -0.39 is 58.4 Å². The van der Waals surface area contributed by atoms with Crippen LogP contribution in [0.1, 0.15) is 130 Å². The van der Waals surface area contributed by atoms with E-state index in [0.29, 0.717) is 31.3 Å². The van der Waals surface area contributed by atoms with Crippen LogP contribution >= 0.6 is 0 Å². The lowest BCUT2D eigenvalue weighted by atomic mass is 9.44. The summed E-state index contributed by atoms with van der Waals surface area (Å²) in [6.45, 7) is 6.91. The summed E-state index contributed by atoms with van der Waals surface area (Å²) in [4.78, 5) is 39.0. The van der Waals surface area contributed by atoms with Gasteiger partial charge in [-0.25, -0.2) is 4.39 Å². The van der Waals surface area contributed by atoms with Crippen LogP contribution in [0.2, 0.25) is 0 Å². The Morgan fingerprint density at radius 2 is 1.60 bits per heavy atom. The number of hydrogen-bond donors (Lipinski definition) is 2. The summed E-state index contributed by atoms with van der Waals surface area (Å²) in [6.07, 6.45) is 17.4. The van der Waals surface area contributed by atoms with Crippen molar-refractivity contribution in [3.05, 3.63) is 23.8 Å². The van der Waals surface area contributed by atoms with E-state index >= 15 is 4.39 Å². The molecule has 0 aromatic carbocycles. The quantitative estimate of drug-likeness (QED) is 0.153. The molecule has 3 fully saturated rings. The van der Waals surface area contributed by atoms with Crippen molar-refractivity contribution in [2.45, 2.75) is 148 Å².